The Morgan fingerprint density at radius 3 is 3.08 bits per heavy atom. The molecular formula is C9H14O2S. The van der Waals surface area contributed by atoms with Crippen LogP contribution in [0.5, 0.6) is 0 Å². The predicted molar refractivity (Wildman–Crippen MR) is 48.3 cm³/mol. The van der Waals surface area contributed by atoms with Crippen LogP contribution in [-0.2, 0) is 4.74 Å². The van der Waals surface area contributed by atoms with Crippen molar-refractivity contribution in [1.82, 2.24) is 0 Å². The molecule has 2 nitrogen and oxygen atoms in total. The first kappa shape index (κ1) is 7.65. The minimum Gasteiger partial charge on any atom is -0.396 e. The molecule has 0 amide bonds. The van der Waals surface area contributed by atoms with Gasteiger partial charge in [-0.1, -0.05) is 0 Å². The van der Waals surface area contributed by atoms with Crippen molar-refractivity contribution < 1.29 is 9.84 Å². The van der Waals surface area contributed by atoms with Crippen molar-refractivity contribution in [3.8, 4) is 0 Å². The van der Waals surface area contributed by atoms with Gasteiger partial charge in [-0.05, 0) is 24.5 Å². The highest BCUT2D eigenvalue weighted by Crippen LogP contribution is 2.68. The summed E-state index contributed by atoms with van der Waals surface area (Å²) in [5.41, 5.74) is 0.271. The molecule has 1 spiro atoms. The van der Waals surface area contributed by atoms with Crippen LogP contribution in [0.25, 0.3) is 0 Å². The van der Waals surface area contributed by atoms with Gasteiger partial charge in [0.2, 0.25) is 0 Å². The molecule has 3 heteroatoms. The molecule has 12 heavy (non-hydrogen) atoms. The van der Waals surface area contributed by atoms with Crippen LogP contribution >= 0.6 is 11.8 Å². The molecule has 1 N–H and O–H groups in total. The van der Waals surface area contributed by atoms with Gasteiger partial charge >= 0.3 is 0 Å². The molecule has 0 aromatic carbocycles. The Hall–Kier alpha value is 0.270. The fourth-order valence-electron chi connectivity index (χ4n) is 2.95. The second kappa shape index (κ2) is 2.20. The number of ether oxygens (including phenoxy) is 1. The molecule has 3 unspecified atom stereocenters. The molecule has 1 saturated carbocycles. The Morgan fingerprint density at radius 2 is 2.50 bits per heavy atom. The topological polar surface area (TPSA) is 29.5 Å². The van der Waals surface area contributed by atoms with Crippen LogP contribution in [0.4, 0.5) is 0 Å². The van der Waals surface area contributed by atoms with Crippen LogP contribution in [0, 0.1) is 11.3 Å². The maximum Gasteiger partial charge on any atom is 0.0861 e. The highest BCUT2D eigenvalue weighted by molar-refractivity contribution is 7.99. The van der Waals surface area contributed by atoms with E-state index in [1.807, 2.05) is 11.8 Å². The second-order valence-corrected chi connectivity index (χ2v) is 5.43. The van der Waals surface area contributed by atoms with Gasteiger partial charge in [0.15, 0.2) is 0 Å². The second-order valence-electron chi connectivity index (χ2n) is 4.32. The fraction of sp³-hybridized carbons (Fsp3) is 1.00. The largest absolute Gasteiger partial charge is 0.396 e. The van der Waals surface area contributed by atoms with E-state index in [1.165, 1.54) is 12.2 Å². The van der Waals surface area contributed by atoms with Crippen LogP contribution in [0.1, 0.15) is 12.8 Å². The number of hydrogen-bond acceptors (Lipinski definition) is 3. The first-order valence-electron chi connectivity index (χ1n) is 4.66. The van der Waals surface area contributed by atoms with Crippen molar-refractivity contribution in [2.24, 2.45) is 11.3 Å². The van der Waals surface area contributed by atoms with Gasteiger partial charge in [0.25, 0.3) is 0 Å². The average Bonchev–Trinajstić information content (AvgIpc) is 2.51. The molecule has 0 aromatic heterocycles. The van der Waals surface area contributed by atoms with Crippen molar-refractivity contribution in [2.45, 2.75) is 18.4 Å². The lowest BCUT2D eigenvalue weighted by Crippen LogP contribution is -2.41. The maximum atomic E-state index is 9.40. The molecule has 3 fully saturated rings. The normalized spacial score (nSPS) is 56.2. The average molecular weight is 186 g/mol. The van der Waals surface area contributed by atoms with Crippen molar-refractivity contribution >= 4 is 11.8 Å². The number of aliphatic hydroxyl groups is 1. The van der Waals surface area contributed by atoms with Gasteiger partial charge in [-0.25, -0.2) is 0 Å². The standard InChI is InChI=1S/C9H14O2S/c10-5-8-3-7(8)4-11-9(8)1-2-12-6-9/h7,10H,1-6H2. The van der Waals surface area contributed by atoms with Gasteiger partial charge in [0.05, 0.1) is 18.8 Å². The predicted octanol–water partition coefficient (Wildman–Crippen LogP) is 0.891. The van der Waals surface area contributed by atoms with E-state index in [1.54, 1.807) is 0 Å². The summed E-state index contributed by atoms with van der Waals surface area (Å²) in [6, 6.07) is 0. The number of thioether (sulfide) groups is 1. The Kier molecular flexibility index (Phi) is 1.40. The van der Waals surface area contributed by atoms with E-state index < -0.39 is 0 Å². The quantitative estimate of drug-likeness (QED) is 0.659. The number of fused-ring (bicyclic) bond motifs is 2. The Balaban J connectivity index is 1.94. The zero-order valence-electron chi connectivity index (χ0n) is 7.08. The maximum absolute atomic E-state index is 9.40. The van der Waals surface area contributed by atoms with Crippen LogP contribution in [0.15, 0.2) is 0 Å². The summed E-state index contributed by atoms with van der Waals surface area (Å²) in [4.78, 5) is 0. The lowest BCUT2D eigenvalue weighted by molar-refractivity contribution is -0.0477. The highest BCUT2D eigenvalue weighted by atomic mass is 32.2. The summed E-state index contributed by atoms with van der Waals surface area (Å²) >= 11 is 1.98. The molecule has 2 heterocycles. The van der Waals surface area contributed by atoms with Gasteiger partial charge in [0, 0.05) is 11.2 Å². The number of rotatable bonds is 1. The molecule has 0 bridgehead atoms. The van der Waals surface area contributed by atoms with Crippen LogP contribution in [0.3, 0.4) is 0 Å². The summed E-state index contributed by atoms with van der Waals surface area (Å²) in [5, 5.41) is 9.40. The molecule has 3 atom stereocenters. The molecule has 2 aliphatic heterocycles. The Morgan fingerprint density at radius 1 is 1.58 bits per heavy atom. The molecule has 68 valence electrons. The third-order valence-corrected chi connectivity index (χ3v) is 5.13. The minimum atomic E-state index is 0.0804. The molecule has 1 aliphatic carbocycles. The Labute approximate surface area is 76.7 Å². The zero-order chi connectivity index (χ0) is 8.23. The van der Waals surface area contributed by atoms with E-state index in [2.05, 4.69) is 0 Å². The summed E-state index contributed by atoms with van der Waals surface area (Å²) in [6.07, 6.45) is 2.37. The van der Waals surface area contributed by atoms with Crippen molar-refractivity contribution in [2.75, 3.05) is 24.7 Å². The molecule has 0 radical (unpaired) electrons. The van der Waals surface area contributed by atoms with Crippen molar-refractivity contribution in [1.29, 1.82) is 0 Å². The van der Waals surface area contributed by atoms with E-state index in [0.717, 1.165) is 18.8 Å². The first-order valence-corrected chi connectivity index (χ1v) is 5.81. The molecular weight excluding hydrogens is 172 g/mol. The van der Waals surface area contributed by atoms with Crippen molar-refractivity contribution in [3.05, 3.63) is 0 Å². The highest BCUT2D eigenvalue weighted by Gasteiger charge is 2.72. The summed E-state index contributed by atoms with van der Waals surface area (Å²) in [5.74, 6) is 3.01. The van der Waals surface area contributed by atoms with E-state index in [0.29, 0.717) is 12.5 Å². The van der Waals surface area contributed by atoms with Crippen LogP contribution < -0.4 is 0 Å². The molecule has 0 aromatic rings. The SMILES string of the molecule is OCC12CC1COC21CCSC1. The van der Waals surface area contributed by atoms with Gasteiger partial charge in [-0.3, -0.25) is 0 Å². The fourth-order valence-corrected chi connectivity index (χ4v) is 4.41. The van der Waals surface area contributed by atoms with Gasteiger partial charge in [0.1, 0.15) is 0 Å². The van der Waals surface area contributed by atoms with Gasteiger partial charge in [-0.2, -0.15) is 11.8 Å². The first-order chi connectivity index (χ1) is 5.83. The van der Waals surface area contributed by atoms with Crippen molar-refractivity contribution in [3.63, 3.8) is 0 Å². The van der Waals surface area contributed by atoms with Crippen LogP contribution in [0.2, 0.25) is 0 Å². The lowest BCUT2D eigenvalue weighted by Gasteiger charge is -2.31. The summed E-state index contributed by atoms with van der Waals surface area (Å²) < 4.78 is 5.88. The summed E-state index contributed by atoms with van der Waals surface area (Å²) in [6.45, 7) is 1.25. The smallest absolute Gasteiger partial charge is 0.0861 e. The minimum absolute atomic E-state index is 0.0804. The van der Waals surface area contributed by atoms with E-state index in [4.69, 9.17) is 4.74 Å². The third-order valence-electron chi connectivity index (χ3n) is 3.97. The Bertz CT molecular complexity index is 203. The summed E-state index contributed by atoms with van der Waals surface area (Å²) in [7, 11) is 0. The van der Waals surface area contributed by atoms with E-state index in [9.17, 15) is 5.11 Å². The van der Waals surface area contributed by atoms with Crippen LogP contribution in [-0.4, -0.2) is 35.4 Å². The molecule has 2 saturated heterocycles. The van der Waals surface area contributed by atoms with E-state index >= 15 is 0 Å². The van der Waals surface area contributed by atoms with Gasteiger partial charge < -0.3 is 9.84 Å². The third kappa shape index (κ3) is 0.671. The van der Waals surface area contributed by atoms with Gasteiger partial charge in [-0.15, -0.1) is 0 Å². The number of hydrogen-bond donors (Lipinski definition) is 1. The molecule has 3 rings (SSSR count). The zero-order valence-corrected chi connectivity index (χ0v) is 7.90. The lowest BCUT2D eigenvalue weighted by atomic mass is 9.84. The number of aliphatic hydroxyl groups excluding tert-OH is 1. The monoisotopic (exact) mass is 186 g/mol. The molecule has 3 aliphatic rings. The van der Waals surface area contributed by atoms with E-state index in [-0.39, 0.29) is 11.0 Å².